The highest BCUT2D eigenvalue weighted by Gasteiger charge is 2.20. The molecule has 0 aliphatic rings. The molecule has 150 valence electrons. The van der Waals surface area contributed by atoms with Gasteiger partial charge >= 0.3 is 0 Å². The Morgan fingerprint density at radius 2 is 1.76 bits per heavy atom. The molecule has 0 spiro atoms. The zero-order valence-corrected chi connectivity index (χ0v) is 18.5. The summed E-state index contributed by atoms with van der Waals surface area (Å²) in [6, 6.07) is 15.4. The third kappa shape index (κ3) is 5.72. The van der Waals surface area contributed by atoms with E-state index in [0.29, 0.717) is 44.3 Å². The van der Waals surface area contributed by atoms with Gasteiger partial charge in [0.1, 0.15) is 0 Å². The quantitative estimate of drug-likeness (QED) is 0.281. The van der Waals surface area contributed by atoms with E-state index in [4.69, 9.17) is 23.2 Å². The lowest BCUT2D eigenvalue weighted by atomic mass is 10.0. The number of hydrogen-bond acceptors (Lipinski definition) is 4. The number of amides is 1. The molecule has 0 unspecified atom stereocenters. The smallest absolute Gasteiger partial charge is 0.255 e. The number of nitrogens with one attached hydrogen (secondary N) is 1. The van der Waals surface area contributed by atoms with Crippen molar-refractivity contribution in [1.82, 2.24) is 15.3 Å². The molecule has 3 aromatic rings. The lowest BCUT2D eigenvalue weighted by molar-refractivity contribution is 0.0952. The van der Waals surface area contributed by atoms with Gasteiger partial charge in [-0.05, 0) is 49.8 Å². The Morgan fingerprint density at radius 1 is 1.07 bits per heavy atom. The van der Waals surface area contributed by atoms with Crippen molar-refractivity contribution in [3.8, 4) is 11.3 Å². The molecule has 29 heavy (non-hydrogen) atoms. The number of aromatic nitrogens is 2. The summed E-state index contributed by atoms with van der Waals surface area (Å²) in [4.78, 5) is 22.0. The largest absolute Gasteiger partial charge is 0.352 e. The van der Waals surface area contributed by atoms with Gasteiger partial charge in [0, 0.05) is 22.2 Å². The van der Waals surface area contributed by atoms with E-state index in [1.165, 1.54) is 17.3 Å². The fourth-order valence-corrected chi connectivity index (χ4v) is 3.97. The molecule has 4 nitrogen and oxygen atoms in total. The van der Waals surface area contributed by atoms with E-state index in [1.54, 1.807) is 18.2 Å². The zero-order chi connectivity index (χ0) is 20.8. The van der Waals surface area contributed by atoms with E-state index in [9.17, 15) is 4.79 Å². The molecule has 1 aromatic heterocycles. The summed E-state index contributed by atoms with van der Waals surface area (Å²) < 4.78 is 0. The number of thioether (sulfide) groups is 1. The van der Waals surface area contributed by atoms with Crippen molar-refractivity contribution >= 4 is 40.9 Å². The van der Waals surface area contributed by atoms with Crippen LogP contribution in [-0.4, -0.2) is 28.7 Å². The molecular weight excluding hydrogens is 425 g/mol. The molecule has 0 fully saturated rings. The van der Waals surface area contributed by atoms with Crippen LogP contribution in [0.2, 0.25) is 10.0 Å². The lowest BCUT2D eigenvalue weighted by Gasteiger charge is -2.14. The Kier molecular flexibility index (Phi) is 7.53. The Hall–Kier alpha value is -2.08. The summed E-state index contributed by atoms with van der Waals surface area (Å²) in [5.74, 6) is -0.200. The summed E-state index contributed by atoms with van der Waals surface area (Å²) in [5.41, 5.74) is 3.54. The number of halogens is 2. The molecule has 7 heteroatoms. The highest BCUT2D eigenvalue weighted by atomic mass is 35.5. The van der Waals surface area contributed by atoms with Crippen molar-refractivity contribution in [3.63, 3.8) is 0 Å². The number of benzene rings is 2. The molecule has 3 rings (SSSR count). The van der Waals surface area contributed by atoms with Crippen LogP contribution < -0.4 is 5.32 Å². The standard InChI is InChI=1S/C22H21Cl2N3OS/c1-14-19(21(28)25-10-6-9-15-7-4-3-5-8-15)20(27-22(26-14)29-2)16-11-17(23)13-18(24)12-16/h3-5,7-8,11-13H,6,9-10H2,1-2H3,(H,25,28). The molecule has 1 heterocycles. The predicted molar refractivity (Wildman–Crippen MR) is 121 cm³/mol. The summed E-state index contributed by atoms with van der Waals surface area (Å²) in [5, 5.41) is 4.57. The van der Waals surface area contributed by atoms with Crippen LogP contribution in [0.4, 0.5) is 0 Å². The Bertz CT molecular complexity index is 992. The monoisotopic (exact) mass is 445 g/mol. The van der Waals surface area contributed by atoms with Gasteiger partial charge in [-0.1, -0.05) is 65.3 Å². The molecule has 0 saturated heterocycles. The maximum absolute atomic E-state index is 13.0. The molecule has 2 aromatic carbocycles. The van der Waals surface area contributed by atoms with Crippen molar-refractivity contribution in [2.24, 2.45) is 0 Å². The van der Waals surface area contributed by atoms with Crippen molar-refractivity contribution in [2.75, 3.05) is 12.8 Å². The van der Waals surface area contributed by atoms with E-state index in [1.807, 2.05) is 31.4 Å². The molecule has 0 atom stereocenters. The third-order valence-corrected chi connectivity index (χ3v) is 5.37. The van der Waals surface area contributed by atoms with Gasteiger partial charge in [-0.15, -0.1) is 0 Å². The lowest BCUT2D eigenvalue weighted by Crippen LogP contribution is -2.27. The van der Waals surface area contributed by atoms with Gasteiger partial charge in [-0.2, -0.15) is 0 Å². The topological polar surface area (TPSA) is 54.9 Å². The molecule has 0 aliphatic carbocycles. The number of aryl methyl sites for hydroxylation is 2. The van der Waals surface area contributed by atoms with Gasteiger partial charge in [0.2, 0.25) is 0 Å². The van der Waals surface area contributed by atoms with E-state index in [-0.39, 0.29) is 5.91 Å². The van der Waals surface area contributed by atoms with Crippen molar-refractivity contribution in [1.29, 1.82) is 0 Å². The summed E-state index contributed by atoms with van der Waals surface area (Å²) >= 11 is 13.8. The number of hydrogen-bond donors (Lipinski definition) is 1. The minimum Gasteiger partial charge on any atom is -0.352 e. The third-order valence-electron chi connectivity index (χ3n) is 4.39. The molecular formula is C22H21Cl2N3OS. The number of rotatable bonds is 7. The first-order valence-corrected chi connectivity index (χ1v) is 11.2. The molecule has 1 amide bonds. The maximum Gasteiger partial charge on any atom is 0.255 e. The second-order valence-electron chi connectivity index (χ2n) is 6.52. The minimum atomic E-state index is -0.200. The van der Waals surface area contributed by atoms with Gasteiger partial charge < -0.3 is 5.32 Å². The van der Waals surface area contributed by atoms with E-state index < -0.39 is 0 Å². The average molecular weight is 446 g/mol. The summed E-state index contributed by atoms with van der Waals surface area (Å²) in [7, 11) is 0. The fraction of sp³-hybridized carbons (Fsp3) is 0.227. The van der Waals surface area contributed by atoms with E-state index in [0.717, 1.165) is 12.8 Å². The van der Waals surface area contributed by atoms with Gasteiger partial charge in [0.15, 0.2) is 5.16 Å². The minimum absolute atomic E-state index is 0.200. The average Bonchev–Trinajstić information content (AvgIpc) is 2.70. The fourth-order valence-electron chi connectivity index (χ4n) is 3.04. The molecule has 0 saturated carbocycles. The Balaban J connectivity index is 1.82. The molecule has 1 N–H and O–H groups in total. The Morgan fingerprint density at radius 3 is 2.41 bits per heavy atom. The van der Waals surface area contributed by atoms with E-state index in [2.05, 4.69) is 27.4 Å². The zero-order valence-electron chi connectivity index (χ0n) is 16.2. The van der Waals surface area contributed by atoms with Crippen LogP contribution in [0.3, 0.4) is 0 Å². The van der Waals surface area contributed by atoms with Crippen LogP contribution >= 0.6 is 35.0 Å². The van der Waals surface area contributed by atoms with Crippen LogP contribution in [-0.2, 0) is 6.42 Å². The summed E-state index contributed by atoms with van der Waals surface area (Å²) in [6.45, 7) is 2.38. The van der Waals surface area contributed by atoms with Gasteiger partial charge in [0.25, 0.3) is 5.91 Å². The SMILES string of the molecule is CSc1nc(C)c(C(=O)NCCCc2ccccc2)c(-c2cc(Cl)cc(Cl)c2)n1. The number of carbonyl (C=O) groups excluding carboxylic acids is 1. The number of carbonyl (C=O) groups is 1. The van der Waals surface area contributed by atoms with Crippen LogP contribution in [0.5, 0.6) is 0 Å². The first-order valence-electron chi connectivity index (χ1n) is 9.19. The highest BCUT2D eigenvalue weighted by Crippen LogP contribution is 2.30. The van der Waals surface area contributed by atoms with Crippen molar-refractivity contribution in [2.45, 2.75) is 24.9 Å². The molecule has 0 bridgehead atoms. The molecule has 0 radical (unpaired) electrons. The molecule has 0 aliphatic heterocycles. The summed E-state index contributed by atoms with van der Waals surface area (Å²) in [6.07, 6.45) is 3.64. The van der Waals surface area contributed by atoms with Crippen LogP contribution in [0, 0.1) is 6.92 Å². The first kappa shape index (κ1) is 21.6. The van der Waals surface area contributed by atoms with E-state index >= 15 is 0 Å². The van der Waals surface area contributed by atoms with Crippen LogP contribution in [0.15, 0.2) is 53.7 Å². The van der Waals surface area contributed by atoms with Crippen molar-refractivity contribution in [3.05, 3.63) is 75.4 Å². The first-order chi connectivity index (χ1) is 14.0. The van der Waals surface area contributed by atoms with Gasteiger partial charge in [-0.25, -0.2) is 9.97 Å². The maximum atomic E-state index is 13.0. The highest BCUT2D eigenvalue weighted by molar-refractivity contribution is 7.98. The Labute approximate surface area is 185 Å². The van der Waals surface area contributed by atoms with Crippen molar-refractivity contribution < 1.29 is 4.79 Å². The van der Waals surface area contributed by atoms with Gasteiger partial charge in [-0.3, -0.25) is 4.79 Å². The van der Waals surface area contributed by atoms with Gasteiger partial charge in [0.05, 0.1) is 17.0 Å². The van der Waals surface area contributed by atoms with Crippen LogP contribution in [0.25, 0.3) is 11.3 Å². The van der Waals surface area contributed by atoms with Crippen LogP contribution in [0.1, 0.15) is 28.0 Å². The predicted octanol–water partition coefficient (Wildman–Crippen LogP) is 5.84. The number of nitrogens with zero attached hydrogens (tertiary/aromatic N) is 2. The normalized spacial score (nSPS) is 10.8. The second kappa shape index (κ2) is 10.1. The second-order valence-corrected chi connectivity index (χ2v) is 8.17.